The Bertz CT molecular complexity index is 748. The molecule has 0 saturated carbocycles. The lowest BCUT2D eigenvalue weighted by Gasteiger charge is -2.46. The van der Waals surface area contributed by atoms with E-state index in [4.69, 9.17) is 11.6 Å². The van der Waals surface area contributed by atoms with Crippen molar-refractivity contribution in [2.75, 3.05) is 13.1 Å². The Morgan fingerprint density at radius 2 is 1.88 bits per heavy atom. The minimum Gasteiger partial charge on any atom is -0.465 e. The third-order valence-electron chi connectivity index (χ3n) is 5.26. The summed E-state index contributed by atoms with van der Waals surface area (Å²) in [6, 6.07) is 17.8. The number of carboxylic acid groups (broad SMARTS) is 1. The van der Waals surface area contributed by atoms with Crippen molar-refractivity contribution < 1.29 is 9.90 Å². The van der Waals surface area contributed by atoms with Crippen LogP contribution in [0.2, 0.25) is 5.02 Å². The quantitative estimate of drug-likeness (QED) is 0.818. The first-order chi connectivity index (χ1) is 12.4. The standard InChI is InChI=1S/C21H25ClN2O2/c1-15(2)24(20(25)26)21(12-16-6-4-3-5-7-16)14-23-13-19(21)17-8-10-18(22)11-9-17/h3-11,15,19,23H,12-14H2,1-2H3,(H,25,26)/t19-,21+/m0/s1. The van der Waals surface area contributed by atoms with Crippen LogP contribution in [0.5, 0.6) is 0 Å². The fraction of sp³-hybridized carbons (Fsp3) is 0.381. The number of hydrogen-bond acceptors (Lipinski definition) is 2. The lowest BCUT2D eigenvalue weighted by atomic mass is 9.76. The van der Waals surface area contributed by atoms with E-state index in [1.54, 1.807) is 4.90 Å². The summed E-state index contributed by atoms with van der Waals surface area (Å²) in [6.07, 6.45) is -0.211. The molecule has 1 saturated heterocycles. The fourth-order valence-corrected chi connectivity index (χ4v) is 4.39. The van der Waals surface area contributed by atoms with Crippen LogP contribution in [0.25, 0.3) is 0 Å². The van der Waals surface area contributed by atoms with Gasteiger partial charge in [-0.2, -0.15) is 0 Å². The van der Waals surface area contributed by atoms with Crippen LogP contribution < -0.4 is 5.32 Å². The Morgan fingerprint density at radius 3 is 2.46 bits per heavy atom. The summed E-state index contributed by atoms with van der Waals surface area (Å²) >= 11 is 6.06. The van der Waals surface area contributed by atoms with Crippen LogP contribution in [0.1, 0.15) is 30.9 Å². The Labute approximate surface area is 159 Å². The van der Waals surface area contributed by atoms with E-state index >= 15 is 0 Å². The molecule has 2 atom stereocenters. The highest BCUT2D eigenvalue weighted by Gasteiger charge is 2.51. The van der Waals surface area contributed by atoms with E-state index in [1.807, 2.05) is 56.3 Å². The van der Waals surface area contributed by atoms with E-state index in [9.17, 15) is 9.90 Å². The van der Waals surface area contributed by atoms with Gasteiger partial charge in [0, 0.05) is 30.1 Å². The van der Waals surface area contributed by atoms with Gasteiger partial charge in [-0.1, -0.05) is 54.1 Å². The number of rotatable bonds is 5. The highest BCUT2D eigenvalue weighted by molar-refractivity contribution is 6.30. The summed E-state index contributed by atoms with van der Waals surface area (Å²) < 4.78 is 0. The molecule has 0 spiro atoms. The van der Waals surface area contributed by atoms with Crippen molar-refractivity contribution in [3.63, 3.8) is 0 Å². The van der Waals surface area contributed by atoms with Crippen molar-refractivity contribution in [3.8, 4) is 0 Å². The zero-order chi connectivity index (χ0) is 18.7. The second kappa shape index (κ2) is 7.68. The SMILES string of the molecule is CC(C)N(C(=O)O)[C@]1(Cc2ccccc2)CNC[C@H]1c1ccc(Cl)cc1. The fourth-order valence-electron chi connectivity index (χ4n) is 4.27. The molecule has 2 aromatic rings. The normalized spacial score (nSPS) is 22.5. The number of nitrogens with one attached hydrogen (secondary N) is 1. The predicted octanol–water partition coefficient (Wildman–Crippen LogP) is 4.40. The maximum absolute atomic E-state index is 12.2. The number of nitrogens with zero attached hydrogens (tertiary/aromatic N) is 1. The Balaban J connectivity index is 2.09. The smallest absolute Gasteiger partial charge is 0.408 e. The molecule has 1 amide bonds. The van der Waals surface area contributed by atoms with Crippen molar-refractivity contribution >= 4 is 17.7 Å². The molecule has 5 heteroatoms. The summed E-state index contributed by atoms with van der Waals surface area (Å²) in [6.45, 7) is 5.25. The van der Waals surface area contributed by atoms with Gasteiger partial charge >= 0.3 is 6.09 Å². The lowest BCUT2D eigenvalue weighted by Crippen LogP contribution is -2.59. The van der Waals surface area contributed by atoms with Gasteiger partial charge in [0.25, 0.3) is 0 Å². The summed E-state index contributed by atoms with van der Waals surface area (Å²) in [4.78, 5) is 13.9. The minimum absolute atomic E-state index is 0.0541. The third kappa shape index (κ3) is 3.57. The van der Waals surface area contributed by atoms with Crippen LogP contribution in [0.4, 0.5) is 4.79 Å². The molecule has 0 unspecified atom stereocenters. The van der Waals surface area contributed by atoms with Crippen LogP contribution in [-0.2, 0) is 6.42 Å². The highest BCUT2D eigenvalue weighted by Crippen LogP contribution is 2.41. The molecular formula is C21H25ClN2O2. The summed E-state index contributed by atoms with van der Waals surface area (Å²) in [7, 11) is 0. The average molecular weight is 373 g/mol. The predicted molar refractivity (Wildman–Crippen MR) is 105 cm³/mol. The zero-order valence-electron chi connectivity index (χ0n) is 15.2. The van der Waals surface area contributed by atoms with Gasteiger partial charge in [-0.3, -0.25) is 4.90 Å². The molecular weight excluding hydrogens is 348 g/mol. The molecule has 0 bridgehead atoms. The number of halogens is 1. The van der Waals surface area contributed by atoms with Crippen molar-refractivity contribution in [2.45, 2.75) is 37.8 Å². The first-order valence-electron chi connectivity index (χ1n) is 8.96. The summed E-state index contributed by atoms with van der Waals surface area (Å²) in [5.41, 5.74) is 1.71. The van der Waals surface area contributed by atoms with Crippen molar-refractivity contribution in [2.24, 2.45) is 0 Å². The van der Waals surface area contributed by atoms with Gasteiger partial charge in [0.2, 0.25) is 0 Å². The summed E-state index contributed by atoms with van der Waals surface area (Å²) in [5.74, 6) is 0.0541. The summed E-state index contributed by atoms with van der Waals surface area (Å²) in [5, 5.41) is 14.2. The van der Waals surface area contributed by atoms with E-state index in [0.717, 1.165) is 17.7 Å². The van der Waals surface area contributed by atoms with Crippen LogP contribution in [0, 0.1) is 0 Å². The number of benzene rings is 2. The van der Waals surface area contributed by atoms with E-state index in [-0.39, 0.29) is 12.0 Å². The average Bonchev–Trinajstić information content (AvgIpc) is 2.99. The molecule has 2 aromatic carbocycles. The maximum Gasteiger partial charge on any atom is 0.408 e. The van der Waals surface area contributed by atoms with Crippen molar-refractivity contribution in [1.82, 2.24) is 10.2 Å². The van der Waals surface area contributed by atoms with Crippen LogP contribution >= 0.6 is 11.6 Å². The maximum atomic E-state index is 12.2. The first kappa shape index (κ1) is 18.7. The highest BCUT2D eigenvalue weighted by atomic mass is 35.5. The monoisotopic (exact) mass is 372 g/mol. The molecule has 26 heavy (non-hydrogen) atoms. The molecule has 3 rings (SSSR count). The number of carbonyl (C=O) groups is 1. The molecule has 2 N–H and O–H groups in total. The van der Waals surface area contributed by atoms with Gasteiger partial charge < -0.3 is 10.4 Å². The third-order valence-corrected chi connectivity index (χ3v) is 5.51. The second-order valence-electron chi connectivity index (χ2n) is 7.25. The molecule has 1 heterocycles. The lowest BCUT2D eigenvalue weighted by molar-refractivity contribution is 0.0540. The number of amides is 1. The molecule has 4 nitrogen and oxygen atoms in total. The Morgan fingerprint density at radius 1 is 1.23 bits per heavy atom. The van der Waals surface area contributed by atoms with Crippen LogP contribution in [-0.4, -0.2) is 40.8 Å². The Hall–Kier alpha value is -2.04. The Kier molecular flexibility index (Phi) is 5.54. The topological polar surface area (TPSA) is 52.6 Å². The van der Waals surface area contributed by atoms with Gasteiger partial charge in [-0.05, 0) is 43.5 Å². The van der Waals surface area contributed by atoms with Gasteiger partial charge in [-0.25, -0.2) is 4.79 Å². The second-order valence-corrected chi connectivity index (χ2v) is 7.68. The molecule has 1 fully saturated rings. The molecule has 0 aromatic heterocycles. The van der Waals surface area contributed by atoms with Crippen LogP contribution in [0.3, 0.4) is 0 Å². The van der Waals surface area contributed by atoms with Gasteiger partial charge in [0.05, 0.1) is 5.54 Å². The van der Waals surface area contributed by atoms with Crippen molar-refractivity contribution in [3.05, 3.63) is 70.7 Å². The minimum atomic E-state index is -0.876. The van der Waals surface area contributed by atoms with Crippen molar-refractivity contribution in [1.29, 1.82) is 0 Å². The molecule has 0 aliphatic carbocycles. The van der Waals surface area contributed by atoms with Gasteiger partial charge in [0.1, 0.15) is 0 Å². The van der Waals surface area contributed by atoms with Crippen LogP contribution in [0.15, 0.2) is 54.6 Å². The van der Waals surface area contributed by atoms with E-state index < -0.39 is 11.6 Å². The molecule has 0 radical (unpaired) electrons. The molecule has 1 aliphatic rings. The van der Waals surface area contributed by atoms with E-state index in [2.05, 4.69) is 17.4 Å². The van der Waals surface area contributed by atoms with Gasteiger partial charge in [0.15, 0.2) is 0 Å². The largest absolute Gasteiger partial charge is 0.465 e. The first-order valence-corrected chi connectivity index (χ1v) is 9.34. The number of hydrogen-bond donors (Lipinski definition) is 2. The molecule has 138 valence electrons. The van der Waals surface area contributed by atoms with Gasteiger partial charge in [-0.15, -0.1) is 0 Å². The van der Waals surface area contributed by atoms with E-state index in [0.29, 0.717) is 18.0 Å². The van der Waals surface area contributed by atoms with E-state index in [1.165, 1.54) is 0 Å². The molecule has 1 aliphatic heterocycles. The zero-order valence-corrected chi connectivity index (χ0v) is 15.9.